The van der Waals surface area contributed by atoms with Crippen LogP contribution >= 0.6 is 0 Å². The Morgan fingerprint density at radius 2 is 0.250 bits per heavy atom. The number of rotatable bonds is 10. The van der Waals surface area contributed by atoms with Crippen molar-refractivity contribution >= 4 is 0 Å². The molecule has 5 heteroatoms. The van der Waals surface area contributed by atoms with Crippen LogP contribution in [-0.4, -0.2) is 25.5 Å². The lowest BCUT2D eigenvalue weighted by Gasteiger charge is -2.26. The van der Waals surface area contributed by atoms with Crippen molar-refractivity contribution in [2.75, 3.05) is 0 Å². The Kier molecular flexibility index (Phi) is 20.5. The Morgan fingerprint density at radius 1 is 0.150 bits per heavy atom. The Hall–Kier alpha value is -8.80. The van der Waals surface area contributed by atoms with E-state index < -0.39 is 0 Å². The summed E-state index contributed by atoms with van der Waals surface area (Å²) in [5.41, 5.74) is 12.3. The van der Waals surface area contributed by atoms with Gasteiger partial charge in [0.15, 0.2) is 0 Å². The van der Waals surface area contributed by atoms with Crippen molar-refractivity contribution in [2.24, 2.45) is 0 Å². The molecule has 0 aliphatic rings. The van der Waals surface area contributed by atoms with E-state index in [-0.39, 0.29) is 27.1 Å². The van der Waals surface area contributed by atoms with Gasteiger partial charge in [-0.15, -0.1) is 0 Å². The Balaban J connectivity index is 0.000000161. The van der Waals surface area contributed by atoms with E-state index in [1.54, 1.807) is 60.7 Å². The summed E-state index contributed by atoms with van der Waals surface area (Å²) >= 11 is 0. The highest BCUT2D eigenvalue weighted by molar-refractivity contribution is 5.44. The van der Waals surface area contributed by atoms with Gasteiger partial charge in [-0.05, 0) is 116 Å². The largest absolute Gasteiger partial charge is 0.508 e. The van der Waals surface area contributed by atoms with Crippen LogP contribution in [0.5, 0.6) is 28.7 Å². The van der Waals surface area contributed by atoms with E-state index in [9.17, 15) is 25.5 Å². The zero-order chi connectivity index (χ0) is 58.0. The molecule has 0 saturated carbocycles. The van der Waals surface area contributed by atoms with Crippen molar-refractivity contribution < 1.29 is 25.5 Å². The fourth-order valence-electron chi connectivity index (χ4n) is 9.50. The van der Waals surface area contributed by atoms with Gasteiger partial charge >= 0.3 is 0 Å². The van der Waals surface area contributed by atoms with Gasteiger partial charge in [-0.2, -0.15) is 0 Å². The molecule has 80 heavy (non-hydrogen) atoms. The molecule has 0 unspecified atom stereocenters. The Labute approximate surface area is 476 Å². The third-order valence-electron chi connectivity index (χ3n) is 15.4. The van der Waals surface area contributed by atoms with Crippen molar-refractivity contribution in [1.29, 1.82) is 0 Å². The summed E-state index contributed by atoms with van der Waals surface area (Å²) in [5.74, 6) is 1.56. The smallest absolute Gasteiger partial charge is 0.115 e. The quantitative estimate of drug-likeness (QED) is 0.0939. The van der Waals surface area contributed by atoms with E-state index in [1.165, 1.54) is 55.6 Å². The fourth-order valence-corrected chi connectivity index (χ4v) is 9.50. The van der Waals surface area contributed by atoms with Gasteiger partial charge in [0.2, 0.25) is 0 Å². The molecule has 5 nitrogen and oxygen atoms in total. The van der Waals surface area contributed by atoms with Gasteiger partial charge in [0.25, 0.3) is 0 Å². The molecule has 0 atom stereocenters. The van der Waals surface area contributed by atoms with Crippen molar-refractivity contribution in [3.05, 3.63) is 329 Å². The highest BCUT2D eigenvalue weighted by Gasteiger charge is 2.26. The molecule has 10 aromatic rings. The lowest BCUT2D eigenvalue weighted by atomic mass is 9.78. The van der Waals surface area contributed by atoms with Gasteiger partial charge in [-0.3, -0.25) is 0 Å². The maximum absolute atomic E-state index is 9.29. The molecule has 0 amide bonds. The molecule has 10 rings (SSSR count). The third kappa shape index (κ3) is 16.1. The lowest BCUT2D eigenvalue weighted by molar-refractivity contribution is 0.474. The van der Waals surface area contributed by atoms with Crippen molar-refractivity contribution in [3.8, 4) is 28.7 Å². The van der Waals surface area contributed by atoms with E-state index in [0.717, 1.165) is 0 Å². The van der Waals surface area contributed by atoms with Gasteiger partial charge in [0.1, 0.15) is 28.7 Å². The van der Waals surface area contributed by atoms with Crippen LogP contribution in [0.15, 0.2) is 273 Å². The van der Waals surface area contributed by atoms with Gasteiger partial charge < -0.3 is 25.5 Å². The number of aromatic hydroxyl groups is 5. The van der Waals surface area contributed by atoms with Crippen LogP contribution < -0.4 is 0 Å². The lowest BCUT2D eigenvalue weighted by Crippen LogP contribution is -2.18. The second-order valence-electron chi connectivity index (χ2n) is 22.7. The van der Waals surface area contributed by atoms with Gasteiger partial charge in [0, 0.05) is 27.1 Å². The highest BCUT2D eigenvalue weighted by atomic mass is 16.3. The number of hydrogen-bond acceptors (Lipinski definition) is 5. The predicted octanol–water partition coefficient (Wildman–Crippen LogP) is 18.6. The maximum Gasteiger partial charge on any atom is 0.115 e. The summed E-state index contributed by atoms with van der Waals surface area (Å²) in [7, 11) is 0. The van der Waals surface area contributed by atoms with Crippen molar-refractivity contribution in [1.82, 2.24) is 0 Å². The summed E-state index contributed by atoms with van der Waals surface area (Å²) < 4.78 is 0. The molecule has 410 valence electrons. The molecule has 0 aromatic heterocycles. The summed E-state index contributed by atoms with van der Waals surface area (Å²) in [4.78, 5) is 0. The van der Waals surface area contributed by atoms with Crippen LogP contribution in [-0.2, 0) is 27.1 Å². The summed E-state index contributed by atoms with van der Waals surface area (Å²) in [5, 5.41) is 46.5. The van der Waals surface area contributed by atoms with Crippen LogP contribution in [0, 0.1) is 0 Å². The average Bonchev–Trinajstić information content (AvgIpc) is 3.49. The van der Waals surface area contributed by atoms with E-state index in [0.29, 0.717) is 28.7 Å². The molecule has 0 bridgehead atoms. The van der Waals surface area contributed by atoms with Crippen LogP contribution in [0.1, 0.15) is 125 Å². The third-order valence-corrected chi connectivity index (χ3v) is 15.4. The minimum absolute atomic E-state index is 0.0328. The number of hydrogen-bond donors (Lipinski definition) is 5. The average molecular weight is 1060 g/mol. The van der Waals surface area contributed by atoms with Crippen LogP contribution in [0.2, 0.25) is 0 Å². The maximum atomic E-state index is 9.29. The van der Waals surface area contributed by atoms with Crippen LogP contribution in [0.3, 0.4) is 0 Å². The molecule has 0 heterocycles. The Morgan fingerprint density at radius 3 is 0.362 bits per heavy atom. The second kappa shape index (κ2) is 27.2. The molecular formula is C75H80O5. The summed E-state index contributed by atoms with van der Waals surface area (Å²) in [6.45, 7) is 21.9. The fraction of sp³-hybridized carbons (Fsp3) is 0.200. The molecule has 0 aliphatic heterocycles. The van der Waals surface area contributed by atoms with E-state index in [2.05, 4.69) is 191 Å². The Bertz CT molecular complexity index is 2810. The first-order chi connectivity index (χ1) is 38.0. The highest BCUT2D eigenvalue weighted by Crippen LogP contribution is 2.36. The number of phenolic OH excluding ortho intramolecular Hbond substituents is 5. The molecule has 0 spiro atoms. The molecule has 10 aromatic carbocycles. The topological polar surface area (TPSA) is 101 Å². The normalized spacial score (nSPS) is 11.4. The zero-order valence-corrected chi connectivity index (χ0v) is 48.2. The minimum Gasteiger partial charge on any atom is -0.508 e. The predicted molar refractivity (Wildman–Crippen MR) is 333 cm³/mol. The number of phenols is 5. The van der Waals surface area contributed by atoms with E-state index in [4.69, 9.17) is 0 Å². The summed E-state index contributed by atoms with van der Waals surface area (Å²) in [6.07, 6.45) is 0. The molecular weight excluding hydrogens is 981 g/mol. The molecule has 0 radical (unpaired) electrons. The van der Waals surface area contributed by atoms with Gasteiger partial charge in [-0.1, -0.05) is 282 Å². The SMILES string of the molecule is CC(C)(c1ccccc1)c1ccc(O)cc1.CC(C)(c1ccccc1)c1ccc(O)cc1.CC(C)(c1ccccc1)c1ccc(O)cc1.CC(C)(c1ccccc1)c1ccc(O)cc1.CC(C)(c1ccccc1)c1ccc(O)cc1. The van der Waals surface area contributed by atoms with E-state index >= 15 is 0 Å². The first kappa shape index (κ1) is 60.4. The number of benzene rings is 10. The van der Waals surface area contributed by atoms with Crippen LogP contribution in [0.25, 0.3) is 0 Å². The molecule has 0 fully saturated rings. The van der Waals surface area contributed by atoms with Crippen molar-refractivity contribution in [3.63, 3.8) is 0 Å². The van der Waals surface area contributed by atoms with E-state index in [1.807, 2.05) is 91.0 Å². The molecule has 5 N–H and O–H groups in total. The van der Waals surface area contributed by atoms with Gasteiger partial charge in [-0.25, -0.2) is 0 Å². The first-order valence-corrected chi connectivity index (χ1v) is 27.3. The second-order valence-corrected chi connectivity index (χ2v) is 22.7. The van der Waals surface area contributed by atoms with Crippen LogP contribution in [0.4, 0.5) is 0 Å². The van der Waals surface area contributed by atoms with Gasteiger partial charge in [0.05, 0.1) is 0 Å². The summed E-state index contributed by atoms with van der Waals surface area (Å²) in [6, 6.07) is 89.1. The zero-order valence-electron chi connectivity index (χ0n) is 48.2. The minimum atomic E-state index is -0.0328. The molecule has 0 saturated heterocycles. The van der Waals surface area contributed by atoms with Crippen molar-refractivity contribution in [2.45, 2.75) is 96.3 Å². The molecule has 0 aliphatic carbocycles. The standard InChI is InChI=1S/5C15H16O/c5*1-15(2,12-6-4-3-5-7-12)13-8-10-14(16)11-9-13/h5*3-11,16H,1-2H3. The first-order valence-electron chi connectivity index (χ1n) is 27.3. The monoisotopic (exact) mass is 1060 g/mol.